The average Bonchev–Trinajstić information content (AvgIpc) is 3.45. The molecule has 2 aliphatic rings. The van der Waals surface area contributed by atoms with E-state index in [1.165, 1.54) is 10.4 Å². The van der Waals surface area contributed by atoms with E-state index in [-0.39, 0.29) is 18.0 Å². The lowest BCUT2D eigenvalue weighted by atomic mass is 9.92. The van der Waals surface area contributed by atoms with Gasteiger partial charge in [0.25, 0.3) is 5.91 Å². The number of nitrogens with one attached hydrogen (secondary N) is 2. The quantitative estimate of drug-likeness (QED) is 0.639. The first-order valence-corrected chi connectivity index (χ1v) is 11.2. The molecule has 152 valence electrons. The molecule has 2 heterocycles. The zero-order valence-electron chi connectivity index (χ0n) is 16.5. The Kier molecular flexibility index (Phi) is 5.01. The standard InChI is InChI=1S/C24H23N3O2S/c28-23(17-6-8-18(9-7-17)25-24(29)26-19-10-11-19)27-14-12-21-20(13-15-30-21)22(27)16-4-2-1-3-5-16/h1-9,13,15,19,22H,10-12,14H2,(H2,25,26,29). The molecule has 1 atom stereocenters. The Balaban J connectivity index is 1.37. The summed E-state index contributed by atoms with van der Waals surface area (Å²) in [5.74, 6) is 0.00897. The van der Waals surface area contributed by atoms with Crippen molar-refractivity contribution in [3.05, 3.63) is 87.6 Å². The normalized spacial score (nSPS) is 17.9. The van der Waals surface area contributed by atoms with Gasteiger partial charge < -0.3 is 15.5 Å². The summed E-state index contributed by atoms with van der Waals surface area (Å²) in [4.78, 5) is 28.7. The number of thiophene rings is 1. The van der Waals surface area contributed by atoms with Crippen LogP contribution in [0, 0.1) is 0 Å². The maximum Gasteiger partial charge on any atom is 0.319 e. The second-order valence-electron chi connectivity index (χ2n) is 7.81. The lowest BCUT2D eigenvalue weighted by molar-refractivity contribution is 0.0696. The Morgan fingerprint density at radius 2 is 1.73 bits per heavy atom. The summed E-state index contributed by atoms with van der Waals surface area (Å²) in [6.45, 7) is 0.690. The molecule has 6 heteroatoms. The topological polar surface area (TPSA) is 61.4 Å². The zero-order chi connectivity index (χ0) is 20.5. The first-order valence-electron chi connectivity index (χ1n) is 10.3. The lowest BCUT2D eigenvalue weighted by Crippen LogP contribution is -2.40. The van der Waals surface area contributed by atoms with Crippen molar-refractivity contribution in [2.45, 2.75) is 31.3 Å². The van der Waals surface area contributed by atoms with Crippen LogP contribution in [-0.4, -0.2) is 29.4 Å². The Hall–Kier alpha value is -3.12. The van der Waals surface area contributed by atoms with Crippen LogP contribution in [0.5, 0.6) is 0 Å². The molecule has 1 fully saturated rings. The summed E-state index contributed by atoms with van der Waals surface area (Å²) in [6.07, 6.45) is 2.97. The number of benzene rings is 2. The van der Waals surface area contributed by atoms with E-state index in [0.29, 0.717) is 23.8 Å². The van der Waals surface area contributed by atoms with E-state index in [4.69, 9.17) is 0 Å². The van der Waals surface area contributed by atoms with Gasteiger partial charge in [0.2, 0.25) is 0 Å². The molecule has 0 bridgehead atoms. The molecule has 0 saturated heterocycles. The lowest BCUT2D eigenvalue weighted by Gasteiger charge is -2.36. The van der Waals surface area contributed by atoms with Gasteiger partial charge in [-0.05, 0) is 66.1 Å². The van der Waals surface area contributed by atoms with Crippen molar-refractivity contribution in [1.29, 1.82) is 0 Å². The third-order valence-corrected chi connectivity index (χ3v) is 6.64. The van der Waals surface area contributed by atoms with E-state index in [1.807, 2.05) is 23.1 Å². The Bertz CT molecular complexity index is 1060. The summed E-state index contributed by atoms with van der Waals surface area (Å²) < 4.78 is 0. The van der Waals surface area contributed by atoms with Crippen LogP contribution in [0.2, 0.25) is 0 Å². The van der Waals surface area contributed by atoms with Crippen molar-refractivity contribution in [2.75, 3.05) is 11.9 Å². The van der Waals surface area contributed by atoms with Gasteiger partial charge in [-0.1, -0.05) is 30.3 Å². The highest BCUT2D eigenvalue weighted by atomic mass is 32.1. The molecule has 30 heavy (non-hydrogen) atoms. The number of fused-ring (bicyclic) bond motifs is 1. The maximum atomic E-state index is 13.4. The van der Waals surface area contributed by atoms with Gasteiger partial charge in [-0.25, -0.2) is 4.79 Å². The van der Waals surface area contributed by atoms with Gasteiger partial charge in [-0.2, -0.15) is 0 Å². The summed E-state index contributed by atoms with van der Waals surface area (Å²) >= 11 is 1.77. The van der Waals surface area contributed by atoms with Gasteiger partial charge >= 0.3 is 6.03 Å². The molecular weight excluding hydrogens is 394 g/mol. The molecule has 1 unspecified atom stereocenters. The monoisotopic (exact) mass is 417 g/mol. The zero-order valence-corrected chi connectivity index (χ0v) is 17.3. The number of nitrogens with zero attached hydrogens (tertiary/aromatic N) is 1. The van der Waals surface area contributed by atoms with Crippen LogP contribution in [0.1, 0.15) is 45.2 Å². The molecule has 0 radical (unpaired) electrons. The smallest absolute Gasteiger partial charge is 0.319 e. The van der Waals surface area contributed by atoms with Gasteiger partial charge in [0.1, 0.15) is 0 Å². The Labute approximate surface area is 179 Å². The first-order chi connectivity index (χ1) is 14.7. The number of anilines is 1. The predicted molar refractivity (Wildman–Crippen MR) is 119 cm³/mol. The molecule has 0 spiro atoms. The minimum atomic E-state index is -0.193. The van der Waals surface area contributed by atoms with Crippen LogP contribution in [0.4, 0.5) is 10.5 Å². The number of hydrogen-bond donors (Lipinski definition) is 2. The summed E-state index contributed by atoms with van der Waals surface area (Å²) in [7, 11) is 0. The van der Waals surface area contributed by atoms with Crippen molar-refractivity contribution >= 4 is 29.0 Å². The Morgan fingerprint density at radius 3 is 2.47 bits per heavy atom. The minimum Gasteiger partial charge on any atom is -0.335 e. The molecule has 1 aromatic heterocycles. The molecule has 1 aliphatic carbocycles. The number of carbonyl (C=O) groups is 2. The number of carbonyl (C=O) groups excluding carboxylic acids is 2. The molecule has 3 aromatic rings. The molecular formula is C24H23N3O2S. The van der Waals surface area contributed by atoms with Crippen molar-refractivity contribution < 1.29 is 9.59 Å². The van der Waals surface area contributed by atoms with Crippen molar-refractivity contribution in [1.82, 2.24) is 10.2 Å². The maximum absolute atomic E-state index is 13.4. The summed E-state index contributed by atoms with van der Waals surface area (Å²) in [6, 6.07) is 19.6. The summed E-state index contributed by atoms with van der Waals surface area (Å²) in [5, 5.41) is 7.84. The fraction of sp³-hybridized carbons (Fsp3) is 0.250. The number of hydrogen-bond acceptors (Lipinski definition) is 3. The SMILES string of the molecule is O=C(Nc1ccc(C(=O)N2CCc3sccc3C2c2ccccc2)cc1)NC1CC1. The van der Waals surface area contributed by atoms with Crippen LogP contribution < -0.4 is 10.6 Å². The van der Waals surface area contributed by atoms with E-state index >= 15 is 0 Å². The molecule has 1 saturated carbocycles. The highest BCUT2D eigenvalue weighted by Crippen LogP contribution is 2.38. The van der Waals surface area contributed by atoms with Gasteiger partial charge in [0.05, 0.1) is 6.04 Å². The molecule has 2 aromatic carbocycles. The molecule has 1 aliphatic heterocycles. The highest BCUT2D eigenvalue weighted by molar-refractivity contribution is 7.10. The van der Waals surface area contributed by atoms with E-state index in [1.54, 1.807) is 35.6 Å². The van der Waals surface area contributed by atoms with Gasteiger partial charge in [-0.15, -0.1) is 11.3 Å². The van der Waals surface area contributed by atoms with Gasteiger partial charge in [-0.3, -0.25) is 4.79 Å². The predicted octanol–water partition coefficient (Wildman–Crippen LogP) is 4.82. The summed E-state index contributed by atoms with van der Waals surface area (Å²) in [5.41, 5.74) is 3.66. The van der Waals surface area contributed by atoms with Crippen LogP contribution in [0.3, 0.4) is 0 Å². The largest absolute Gasteiger partial charge is 0.335 e. The van der Waals surface area contributed by atoms with Crippen molar-refractivity contribution in [3.8, 4) is 0 Å². The third-order valence-electron chi connectivity index (χ3n) is 5.64. The highest BCUT2D eigenvalue weighted by Gasteiger charge is 2.33. The molecule has 5 rings (SSSR count). The third kappa shape index (κ3) is 3.83. The molecule has 3 amide bonds. The van der Waals surface area contributed by atoms with Gasteiger partial charge in [0.15, 0.2) is 0 Å². The van der Waals surface area contributed by atoms with E-state index in [0.717, 1.165) is 24.8 Å². The number of urea groups is 1. The number of rotatable bonds is 4. The average molecular weight is 418 g/mol. The molecule has 5 nitrogen and oxygen atoms in total. The van der Waals surface area contributed by atoms with Crippen molar-refractivity contribution in [3.63, 3.8) is 0 Å². The Morgan fingerprint density at radius 1 is 0.967 bits per heavy atom. The van der Waals surface area contributed by atoms with Gasteiger partial charge in [0, 0.05) is 28.7 Å². The van der Waals surface area contributed by atoms with E-state index < -0.39 is 0 Å². The first kappa shape index (κ1) is 18.9. The molecule has 2 N–H and O–H groups in total. The minimum absolute atomic E-state index is 0.00897. The van der Waals surface area contributed by atoms with Crippen LogP contribution >= 0.6 is 11.3 Å². The van der Waals surface area contributed by atoms with E-state index in [2.05, 4.69) is 34.2 Å². The number of amides is 3. The fourth-order valence-electron chi connectivity index (χ4n) is 3.97. The van der Waals surface area contributed by atoms with Crippen LogP contribution in [0.15, 0.2) is 66.0 Å². The fourth-order valence-corrected chi connectivity index (χ4v) is 4.88. The van der Waals surface area contributed by atoms with Crippen LogP contribution in [-0.2, 0) is 6.42 Å². The van der Waals surface area contributed by atoms with Crippen molar-refractivity contribution in [2.24, 2.45) is 0 Å². The van der Waals surface area contributed by atoms with Crippen LogP contribution in [0.25, 0.3) is 0 Å². The van der Waals surface area contributed by atoms with E-state index in [9.17, 15) is 9.59 Å². The second-order valence-corrected chi connectivity index (χ2v) is 8.81. The second kappa shape index (κ2) is 7.95.